The zero-order valence-electron chi connectivity index (χ0n) is 17.7. The number of anilines is 1. The van der Waals surface area contributed by atoms with Crippen molar-refractivity contribution >= 4 is 46.6 Å². The minimum absolute atomic E-state index is 0.0541. The average molecular weight is 498 g/mol. The van der Waals surface area contributed by atoms with Gasteiger partial charge in [-0.1, -0.05) is 41.4 Å². The number of amides is 1. The maximum Gasteiger partial charge on any atom is 0.296 e. The molecule has 0 aliphatic rings. The standard InChI is InChI=1S/C24H17Cl2N3O5/c1-33-20-8-9-22(23(12-20)29(31)32)28-24(30)17(13-27)10-15-2-6-19(7-3-15)34-14-16-4-5-18(25)11-21(16)26/h2-12H,14H2,1H3,(H,28,30)/b17-10+. The van der Waals surface area contributed by atoms with Gasteiger partial charge in [-0.25, -0.2) is 0 Å². The van der Waals surface area contributed by atoms with Gasteiger partial charge < -0.3 is 14.8 Å². The third-order valence-corrected chi connectivity index (χ3v) is 5.20. The van der Waals surface area contributed by atoms with E-state index in [0.29, 0.717) is 21.4 Å². The molecule has 10 heteroatoms. The Labute approximate surface area is 205 Å². The van der Waals surface area contributed by atoms with Gasteiger partial charge >= 0.3 is 0 Å². The van der Waals surface area contributed by atoms with E-state index in [0.717, 1.165) is 5.56 Å². The van der Waals surface area contributed by atoms with E-state index >= 15 is 0 Å². The van der Waals surface area contributed by atoms with Gasteiger partial charge in [0.15, 0.2) is 0 Å². The molecule has 8 nitrogen and oxygen atoms in total. The molecule has 0 bridgehead atoms. The second-order valence-electron chi connectivity index (χ2n) is 6.86. The minimum Gasteiger partial charge on any atom is -0.496 e. The van der Waals surface area contributed by atoms with Crippen LogP contribution in [0.5, 0.6) is 11.5 Å². The van der Waals surface area contributed by atoms with E-state index < -0.39 is 10.8 Å². The average Bonchev–Trinajstić information content (AvgIpc) is 2.82. The lowest BCUT2D eigenvalue weighted by Crippen LogP contribution is -2.14. The molecule has 0 unspecified atom stereocenters. The van der Waals surface area contributed by atoms with E-state index in [9.17, 15) is 20.2 Å². The SMILES string of the molecule is COc1ccc(NC(=O)/C(C#N)=C/c2ccc(OCc3ccc(Cl)cc3Cl)cc2)c([N+](=O)[O-])c1. The van der Waals surface area contributed by atoms with Gasteiger partial charge in [-0.15, -0.1) is 0 Å². The predicted octanol–water partition coefficient (Wildman–Crippen LogP) is 6.03. The third-order valence-electron chi connectivity index (χ3n) is 4.62. The highest BCUT2D eigenvalue weighted by Crippen LogP contribution is 2.29. The van der Waals surface area contributed by atoms with Crippen LogP contribution < -0.4 is 14.8 Å². The van der Waals surface area contributed by atoms with Crippen LogP contribution in [0.1, 0.15) is 11.1 Å². The zero-order valence-corrected chi connectivity index (χ0v) is 19.3. The van der Waals surface area contributed by atoms with Crippen molar-refractivity contribution in [2.24, 2.45) is 0 Å². The Morgan fingerprint density at radius 3 is 2.44 bits per heavy atom. The highest BCUT2D eigenvalue weighted by Gasteiger charge is 2.19. The van der Waals surface area contributed by atoms with E-state index in [2.05, 4.69) is 5.32 Å². The molecule has 3 aromatic carbocycles. The van der Waals surface area contributed by atoms with Gasteiger partial charge in [-0.05, 0) is 48.0 Å². The van der Waals surface area contributed by atoms with Crippen LogP contribution in [0.25, 0.3) is 6.08 Å². The summed E-state index contributed by atoms with van der Waals surface area (Å²) in [7, 11) is 1.37. The van der Waals surface area contributed by atoms with Crippen molar-refractivity contribution in [2.45, 2.75) is 6.61 Å². The van der Waals surface area contributed by atoms with Crippen molar-refractivity contribution in [1.82, 2.24) is 0 Å². The second-order valence-corrected chi connectivity index (χ2v) is 7.70. The number of halogens is 2. The molecular formula is C24H17Cl2N3O5. The molecule has 0 saturated heterocycles. The number of ether oxygens (including phenoxy) is 2. The van der Waals surface area contributed by atoms with Crippen LogP contribution >= 0.6 is 23.2 Å². The van der Waals surface area contributed by atoms with Crippen molar-refractivity contribution in [2.75, 3.05) is 12.4 Å². The number of methoxy groups -OCH3 is 1. The summed E-state index contributed by atoms with van der Waals surface area (Å²) in [6, 6.07) is 17.6. The summed E-state index contributed by atoms with van der Waals surface area (Å²) >= 11 is 12.0. The first-order chi connectivity index (χ1) is 16.3. The first-order valence-corrected chi connectivity index (χ1v) is 10.5. The summed E-state index contributed by atoms with van der Waals surface area (Å²) in [5.41, 5.74) is 0.694. The molecular weight excluding hydrogens is 481 g/mol. The van der Waals surface area contributed by atoms with Crippen LogP contribution in [0.4, 0.5) is 11.4 Å². The van der Waals surface area contributed by atoms with E-state index in [1.54, 1.807) is 42.5 Å². The molecule has 0 atom stereocenters. The summed E-state index contributed by atoms with van der Waals surface area (Å²) in [6.07, 6.45) is 1.37. The summed E-state index contributed by atoms with van der Waals surface area (Å²) in [6.45, 7) is 0.234. The Bertz CT molecular complexity index is 1300. The molecule has 3 aromatic rings. The molecule has 0 saturated carbocycles. The zero-order chi connectivity index (χ0) is 24.7. The van der Waals surface area contributed by atoms with Gasteiger partial charge in [-0.3, -0.25) is 14.9 Å². The Morgan fingerprint density at radius 1 is 1.12 bits per heavy atom. The normalized spacial score (nSPS) is 10.8. The smallest absolute Gasteiger partial charge is 0.296 e. The van der Waals surface area contributed by atoms with Gasteiger partial charge in [0.05, 0.1) is 18.1 Å². The van der Waals surface area contributed by atoms with Crippen molar-refractivity contribution in [3.05, 3.63) is 97.5 Å². The van der Waals surface area contributed by atoms with Gasteiger partial charge in [0.2, 0.25) is 0 Å². The summed E-state index contributed by atoms with van der Waals surface area (Å²) in [5, 5.41) is 24.2. The van der Waals surface area contributed by atoms with Crippen molar-refractivity contribution in [3.8, 4) is 17.6 Å². The van der Waals surface area contributed by atoms with Crippen LogP contribution in [0.15, 0.2) is 66.2 Å². The molecule has 0 radical (unpaired) electrons. The molecule has 0 heterocycles. The number of nitrogens with one attached hydrogen (secondary N) is 1. The topological polar surface area (TPSA) is 114 Å². The summed E-state index contributed by atoms with van der Waals surface area (Å²) < 4.78 is 10.7. The number of hydrogen-bond acceptors (Lipinski definition) is 6. The van der Waals surface area contributed by atoms with E-state index in [1.807, 2.05) is 6.07 Å². The predicted molar refractivity (Wildman–Crippen MR) is 129 cm³/mol. The van der Waals surface area contributed by atoms with E-state index in [4.69, 9.17) is 32.7 Å². The van der Waals surface area contributed by atoms with E-state index in [-0.39, 0.29) is 29.3 Å². The molecule has 3 rings (SSSR count). The summed E-state index contributed by atoms with van der Waals surface area (Å²) in [5.74, 6) is 0.0369. The number of nitro groups is 1. The third kappa shape index (κ3) is 6.25. The Kier molecular flexibility index (Phi) is 8.09. The van der Waals surface area contributed by atoms with Gasteiger partial charge in [0, 0.05) is 15.6 Å². The maximum atomic E-state index is 12.6. The van der Waals surface area contributed by atoms with Crippen LogP contribution in [0.3, 0.4) is 0 Å². The molecule has 0 aliphatic heterocycles. The first-order valence-electron chi connectivity index (χ1n) is 9.73. The Balaban J connectivity index is 1.71. The molecule has 172 valence electrons. The van der Waals surface area contributed by atoms with Crippen molar-refractivity contribution in [3.63, 3.8) is 0 Å². The number of carbonyl (C=O) groups excluding carboxylic acids is 1. The molecule has 0 aromatic heterocycles. The monoisotopic (exact) mass is 497 g/mol. The largest absolute Gasteiger partial charge is 0.496 e. The lowest BCUT2D eigenvalue weighted by Gasteiger charge is -2.09. The maximum absolute atomic E-state index is 12.6. The quantitative estimate of drug-likeness (QED) is 0.175. The number of carbonyl (C=O) groups is 1. The number of rotatable bonds is 8. The van der Waals surface area contributed by atoms with Crippen molar-refractivity contribution < 1.29 is 19.2 Å². The molecule has 34 heavy (non-hydrogen) atoms. The Hall–Kier alpha value is -4.06. The second kappa shape index (κ2) is 11.2. The molecule has 0 fully saturated rings. The lowest BCUT2D eigenvalue weighted by atomic mass is 10.1. The van der Waals surface area contributed by atoms with Crippen LogP contribution in [0, 0.1) is 21.4 Å². The van der Waals surface area contributed by atoms with Gasteiger partial charge in [0.1, 0.15) is 35.4 Å². The highest BCUT2D eigenvalue weighted by atomic mass is 35.5. The molecule has 0 aliphatic carbocycles. The molecule has 1 amide bonds. The van der Waals surface area contributed by atoms with Crippen LogP contribution in [0.2, 0.25) is 10.0 Å². The number of nitro benzene ring substituents is 1. The number of nitriles is 1. The Morgan fingerprint density at radius 2 is 1.82 bits per heavy atom. The van der Waals surface area contributed by atoms with Gasteiger partial charge in [0.25, 0.3) is 11.6 Å². The fraction of sp³-hybridized carbons (Fsp3) is 0.0833. The fourth-order valence-corrected chi connectivity index (χ4v) is 3.32. The first kappa shape index (κ1) is 24.6. The fourth-order valence-electron chi connectivity index (χ4n) is 2.86. The highest BCUT2D eigenvalue weighted by molar-refractivity contribution is 6.35. The van der Waals surface area contributed by atoms with Crippen molar-refractivity contribution in [1.29, 1.82) is 5.26 Å². The summed E-state index contributed by atoms with van der Waals surface area (Å²) in [4.78, 5) is 23.2. The number of benzene rings is 3. The van der Waals surface area contributed by atoms with Crippen LogP contribution in [-0.4, -0.2) is 17.9 Å². The molecule has 1 N–H and O–H groups in total. The lowest BCUT2D eigenvalue weighted by molar-refractivity contribution is -0.384. The minimum atomic E-state index is -0.784. The number of hydrogen-bond donors (Lipinski definition) is 1. The molecule has 0 spiro atoms. The number of nitrogens with zero attached hydrogens (tertiary/aromatic N) is 2. The van der Waals surface area contributed by atoms with Gasteiger partial charge in [-0.2, -0.15) is 5.26 Å². The van der Waals surface area contributed by atoms with Crippen LogP contribution in [-0.2, 0) is 11.4 Å². The van der Waals surface area contributed by atoms with E-state index in [1.165, 1.54) is 31.4 Å².